The second kappa shape index (κ2) is 4.39. The Balaban J connectivity index is 2.21. The van der Waals surface area contributed by atoms with Crippen LogP contribution in [0, 0.1) is 0 Å². The van der Waals surface area contributed by atoms with E-state index in [1.54, 1.807) is 26.8 Å². The topological polar surface area (TPSA) is 46.6 Å². The van der Waals surface area contributed by atoms with Crippen LogP contribution in [0.2, 0.25) is 0 Å². The molecule has 0 bridgehead atoms. The predicted molar refractivity (Wildman–Crippen MR) is 70.2 cm³/mol. The van der Waals surface area contributed by atoms with Crippen molar-refractivity contribution in [3.8, 4) is 0 Å². The van der Waals surface area contributed by atoms with E-state index in [9.17, 15) is 9.59 Å². The van der Waals surface area contributed by atoms with Gasteiger partial charge in [-0.25, -0.2) is 9.69 Å². The maximum Gasteiger partial charge on any atom is 0.417 e. The van der Waals surface area contributed by atoms with E-state index in [-0.39, 0.29) is 12.5 Å². The van der Waals surface area contributed by atoms with Crippen molar-refractivity contribution in [1.29, 1.82) is 0 Å². The van der Waals surface area contributed by atoms with E-state index in [1.165, 1.54) is 0 Å². The first kappa shape index (κ1) is 13.1. The van der Waals surface area contributed by atoms with E-state index in [1.807, 2.05) is 12.1 Å². The second-order valence-electron chi connectivity index (χ2n) is 5.17. The van der Waals surface area contributed by atoms with Crippen LogP contribution in [0.25, 0.3) is 0 Å². The molecule has 0 N–H and O–H groups in total. The molecule has 0 unspecified atom stereocenters. The average Bonchev–Trinajstić information content (AvgIpc) is 2.54. The van der Waals surface area contributed by atoms with Crippen molar-refractivity contribution in [2.45, 2.75) is 32.9 Å². The molecule has 1 aliphatic heterocycles. The summed E-state index contributed by atoms with van der Waals surface area (Å²) in [5.41, 5.74) is 0.788. The molecule has 1 aromatic rings. The molecular weight excluding hydrogens is 298 g/mol. The van der Waals surface area contributed by atoms with Gasteiger partial charge in [-0.3, -0.25) is 4.79 Å². The SMILES string of the molecule is CC(C)(C)OC(=O)N1Cc2ccc(Br)cc2C1=O. The Morgan fingerprint density at radius 1 is 1.39 bits per heavy atom. The molecule has 0 aliphatic carbocycles. The fourth-order valence-corrected chi connectivity index (χ4v) is 2.10. The lowest BCUT2D eigenvalue weighted by Gasteiger charge is -2.23. The Kier molecular flexibility index (Phi) is 3.19. The zero-order valence-electron chi connectivity index (χ0n) is 10.5. The van der Waals surface area contributed by atoms with Crippen molar-refractivity contribution in [1.82, 2.24) is 4.90 Å². The Labute approximate surface area is 114 Å². The number of amides is 2. The lowest BCUT2D eigenvalue weighted by molar-refractivity contribution is 0.0248. The standard InChI is InChI=1S/C13H14BrNO3/c1-13(2,3)18-12(17)15-7-8-4-5-9(14)6-10(8)11(15)16/h4-6H,7H2,1-3H3. The number of hydrogen-bond donors (Lipinski definition) is 0. The van der Waals surface area contributed by atoms with Crippen LogP contribution in [-0.4, -0.2) is 22.5 Å². The normalized spacial score (nSPS) is 14.7. The first-order chi connectivity index (χ1) is 8.28. The summed E-state index contributed by atoms with van der Waals surface area (Å²) in [6.07, 6.45) is -0.597. The van der Waals surface area contributed by atoms with Gasteiger partial charge >= 0.3 is 6.09 Å². The van der Waals surface area contributed by atoms with E-state index in [2.05, 4.69) is 15.9 Å². The van der Waals surface area contributed by atoms with Gasteiger partial charge in [-0.15, -0.1) is 0 Å². The van der Waals surface area contributed by atoms with Crippen molar-refractivity contribution >= 4 is 27.9 Å². The maximum atomic E-state index is 12.1. The summed E-state index contributed by atoms with van der Waals surface area (Å²) in [4.78, 5) is 25.1. The van der Waals surface area contributed by atoms with Crippen molar-refractivity contribution in [2.75, 3.05) is 0 Å². The summed E-state index contributed by atoms with van der Waals surface area (Å²) in [6.45, 7) is 5.59. The molecule has 18 heavy (non-hydrogen) atoms. The van der Waals surface area contributed by atoms with Gasteiger partial charge in [-0.1, -0.05) is 22.0 Å². The summed E-state index contributed by atoms with van der Waals surface area (Å²) in [7, 11) is 0. The van der Waals surface area contributed by atoms with Gasteiger partial charge in [-0.05, 0) is 38.5 Å². The predicted octanol–water partition coefficient (Wildman–Crippen LogP) is 3.34. The summed E-state index contributed by atoms with van der Waals surface area (Å²) in [5.74, 6) is -0.305. The molecule has 4 nitrogen and oxygen atoms in total. The molecule has 0 atom stereocenters. The Hall–Kier alpha value is -1.36. The first-order valence-electron chi connectivity index (χ1n) is 5.61. The highest BCUT2D eigenvalue weighted by Gasteiger charge is 2.34. The number of nitrogens with zero attached hydrogens (tertiary/aromatic N) is 1. The molecule has 2 rings (SSSR count). The van der Waals surface area contributed by atoms with Crippen LogP contribution < -0.4 is 0 Å². The van der Waals surface area contributed by atoms with Crippen LogP contribution in [0.4, 0.5) is 4.79 Å². The summed E-state index contributed by atoms with van der Waals surface area (Å²) < 4.78 is 6.03. The molecule has 2 amide bonds. The third-order valence-corrected chi connectivity index (χ3v) is 2.98. The molecular formula is C13H14BrNO3. The number of imide groups is 1. The average molecular weight is 312 g/mol. The fraction of sp³-hybridized carbons (Fsp3) is 0.385. The first-order valence-corrected chi connectivity index (χ1v) is 6.40. The van der Waals surface area contributed by atoms with E-state index >= 15 is 0 Å². The Bertz CT molecular complexity index is 519. The van der Waals surface area contributed by atoms with Crippen LogP contribution in [-0.2, 0) is 11.3 Å². The van der Waals surface area contributed by atoms with Gasteiger partial charge in [0.25, 0.3) is 5.91 Å². The number of carbonyl (C=O) groups excluding carboxylic acids is 2. The van der Waals surface area contributed by atoms with Gasteiger partial charge in [0.15, 0.2) is 0 Å². The zero-order valence-corrected chi connectivity index (χ0v) is 12.1. The van der Waals surface area contributed by atoms with Gasteiger partial charge in [-0.2, -0.15) is 0 Å². The molecule has 5 heteroatoms. The number of halogens is 1. The third-order valence-electron chi connectivity index (χ3n) is 2.49. The minimum Gasteiger partial charge on any atom is -0.443 e. The number of fused-ring (bicyclic) bond motifs is 1. The number of carbonyl (C=O) groups is 2. The molecule has 0 saturated carbocycles. The molecule has 1 aromatic carbocycles. The molecule has 0 spiro atoms. The van der Waals surface area contributed by atoms with Crippen LogP contribution in [0.1, 0.15) is 36.7 Å². The monoisotopic (exact) mass is 311 g/mol. The van der Waals surface area contributed by atoms with Crippen LogP contribution in [0.3, 0.4) is 0 Å². The number of ether oxygens (including phenoxy) is 1. The molecule has 96 valence electrons. The Morgan fingerprint density at radius 2 is 2.06 bits per heavy atom. The highest BCUT2D eigenvalue weighted by Crippen LogP contribution is 2.27. The maximum absolute atomic E-state index is 12.1. The quantitative estimate of drug-likeness (QED) is 0.738. The zero-order chi connectivity index (χ0) is 13.5. The van der Waals surface area contributed by atoms with Crippen molar-refractivity contribution in [3.63, 3.8) is 0 Å². The van der Waals surface area contributed by atoms with Gasteiger partial charge in [0.05, 0.1) is 6.54 Å². The molecule has 0 aromatic heterocycles. The van der Waals surface area contributed by atoms with Gasteiger partial charge < -0.3 is 4.74 Å². The van der Waals surface area contributed by atoms with Gasteiger partial charge in [0.1, 0.15) is 5.60 Å². The second-order valence-corrected chi connectivity index (χ2v) is 6.09. The van der Waals surface area contributed by atoms with Gasteiger partial charge in [0, 0.05) is 10.0 Å². The fourth-order valence-electron chi connectivity index (χ4n) is 1.74. The highest BCUT2D eigenvalue weighted by molar-refractivity contribution is 9.10. The minimum atomic E-state index is -0.604. The minimum absolute atomic E-state index is 0.274. The van der Waals surface area contributed by atoms with Gasteiger partial charge in [0.2, 0.25) is 0 Å². The third kappa shape index (κ3) is 2.56. The summed E-state index contributed by atoms with van der Waals surface area (Å²) in [5, 5.41) is 0. The Morgan fingerprint density at radius 3 is 2.67 bits per heavy atom. The van der Waals surface area contributed by atoms with E-state index in [0.717, 1.165) is 14.9 Å². The largest absolute Gasteiger partial charge is 0.443 e. The molecule has 0 saturated heterocycles. The number of rotatable bonds is 0. The van der Waals surface area contributed by atoms with E-state index in [4.69, 9.17) is 4.74 Å². The number of hydrogen-bond acceptors (Lipinski definition) is 3. The van der Waals surface area contributed by atoms with Crippen LogP contribution in [0.15, 0.2) is 22.7 Å². The number of benzene rings is 1. The lowest BCUT2D eigenvalue weighted by atomic mass is 10.1. The lowest BCUT2D eigenvalue weighted by Crippen LogP contribution is -2.36. The van der Waals surface area contributed by atoms with Crippen LogP contribution in [0.5, 0.6) is 0 Å². The highest BCUT2D eigenvalue weighted by atomic mass is 79.9. The molecule has 1 heterocycles. The van der Waals surface area contributed by atoms with E-state index < -0.39 is 11.7 Å². The summed E-state index contributed by atoms with van der Waals surface area (Å²) >= 11 is 3.31. The van der Waals surface area contributed by atoms with Crippen molar-refractivity contribution in [3.05, 3.63) is 33.8 Å². The molecule has 0 radical (unpaired) electrons. The summed E-state index contributed by atoms with van der Waals surface area (Å²) in [6, 6.07) is 5.41. The smallest absolute Gasteiger partial charge is 0.417 e. The van der Waals surface area contributed by atoms with Crippen molar-refractivity contribution < 1.29 is 14.3 Å². The van der Waals surface area contributed by atoms with E-state index in [0.29, 0.717) is 5.56 Å². The molecule has 0 fully saturated rings. The van der Waals surface area contributed by atoms with Crippen LogP contribution >= 0.6 is 15.9 Å². The molecule has 1 aliphatic rings. The van der Waals surface area contributed by atoms with Crippen molar-refractivity contribution in [2.24, 2.45) is 0 Å².